The number of benzene rings is 1. The van der Waals surface area contributed by atoms with Gasteiger partial charge in [0.15, 0.2) is 0 Å². The summed E-state index contributed by atoms with van der Waals surface area (Å²) in [6.45, 7) is 3.69. The average Bonchev–Trinajstić information content (AvgIpc) is 2.73. The lowest BCUT2D eigenvalue weighted by atomic mass is 10.0. The third kappa shape index (κ3) is 2.65. The molecule has 1 aromatic carbocycles. The number of aromatic amines is 1. The van der Waals surface area contributed by atoms with Crippen molar-refractivity contribution in [1.82, 2.24) is 15.2 Å². The quantitative estimate of drug-likeness (QED) is 0.723. The first kappa shape index (κ1) is 12.9. The van der Waals surface area contributed by atoms with Crippen molar-refractivity contribution >= 4 is 23.6 Å². The number of aromatic nitrogens is 3. The summed E-state index contributed by atoms with van der Waals surface area (Å²) in [5.41, 5.74) is 8.43. The van der Waals surface area contributed by atoms with E-state index in [1.807, 2.05) is 26.0 Å². The fourth-order valence-electron chi connectivity index (χ4n) is 1.92. The van der Waals surface area contributed by atoms with E-state index in [0.29, 0.717) is 11.5 Å². The first-order chi connectivity index (χ1) is 9.01. The second kappa shape index (κ2) is 4.97. The number of anilines is 3. The van der Waals surface area contributed by atoms with Crippen molar-refractivity contribution in [1.29, 1.82) is 0 Å². The Balaban J connectivity index is 2.32. The summed E-state index contributed by atoms with van der Waals surface area (Å²) in [7, 11) is 1.36. The Kier molecular flexibility index (Phi) is 3.37. The summed E-state index contributed by atoms with van der Waals surface area (Å²) in [6.07, 6.45) is 0. The number of nitrogens with two attached hydrogens (primary N) is 1. The van der Waals surface area contributed by atoms with Crippen LogP contribution in [0.4, 0.5) is 17.6 Å². The number of aryl methyl sites for hydroxylation is 2. The van der Waals surface area contributed by atoms with Crippen molar-refractivity contribution in [2.24, 2.45) is 0 Å². The highest BCUT2D eigenvalue weighted by molar-refractivity contribution is 5.93. The molecule has 7 nitrogen and oxygen atoms in total. The molecule has 0 fully saturated rings. The molecule has 4 N–H and O–H groups in total. The van der Waals surface area contributed by atoms with Crippen molar-refractivity contribution in [3.63, 3.8) is 0 Å². The van der Waals surface area contributed by atoms with Crippen LogP contribution in [-0.2, 0) is 4.74 Å². The van der Waals surface area contributed by atoms with Gasteiger partial charge in [-0.05, 0) is 37.1 Å². The average molecular weight is 261 g/mol. The topological polar surface area (TPSA) is 106 Å². The lowest BCUT2D eigenvalue weighted by molar-refractivity contribution is 0.0599. The Morgan fingerprint density at radius 1 is 1.37 bits per heavy atom. The minimum atomic E-state index is -0.344. The van der Waals surface area contributed by atoms with Gasteiger partial charge in [0, 0.05) is 5.69 Å². The van der Waals surface area contributed by atoms with Crippen LogP contribution in [0.5, 0.6) is 0 Å². The van der Waals surface area contributed by atoms with Crippen LogP contribution < -0.4 is 11.1 Å². The van der Waals surface area contributed by atoms with Crippen LogP contribution in [0.1, 0.15) is 21.5 Å². The maximum Gasteiger partial charge on any atom is 0.338 e. The molecule has 7 heteroatoms. The highest BCUT2D eigenvalue weighted by atomic mass is 16.5. The molecule has 0 spiro atoms. The molecule has 1 heterocycles. The number of hydrogen-bond acceptors (Lipinski definition) is 6. The predicted molar refractivity (Wildman–Crippen MR) is 71.3 cm³/mol. The van der Waals surface area contributed by atoms with Gasteiger partial charge in [0.05, 0.1) is 12.7 Å². The van der Waals surface area contributed by atoms with Crippen LogP contribution in [0, 0.1) is 13.8 Å². The molecule has 0 bridgehead atoms. The van der Waals surface area contributed by atoms with E-state index in [1.165, 1.54) is 7.11 Å². The summed E-state index contributed by atoms with van der Waals surface area (Å²) < 4.78 is 4.75. The maximum atomic E-state index is 11.6. The molecule has 19 heavy (non-hydrogen) atoms. The van der Waals surface area contributed by atoms with Gasteiger partial charge in [0.1, 0.15) is 0 Å². The number of nitrogen functional groups attached to an aromatic ring is 1. The van der Waals surface area contributed by atoms with Gasteiger partial charge in [-0.3, -0.25) is 0 Å². The van der Waals surface area contributed by atoms with E-state index in [9.17, 15) is 4.79 Å². The van der Waals surface area contributed by atoms with Crippen molar-refractivity contribution in [2.45, 2.75) is 13.8 Å². The Hall–Kier alpha value is -2.57. The first-order valence-corrected chi connectivity index (χ1v) is 5.65. The van der Waals surface area contributed by atoms with Gasteiger partial charge in [0.25, 0.3) is 0 Å². The molecule has 100 valence electrons. The van der Waals surface area contributed by atoms with Crippen LogP contribution in [0.2, 0.25) is 0 Å². The number of hydrogen-bond donors (Lipinski definition) is 3. The largest absolute Gasteiger partial charge is 0.465 e. The second-order valence-electron chi connectivity index (χ2n) is 4.15. The zero-order valence-electron chi connectivity index (χ0n) is 10.9. The number of H-pyrrole nitrogens is 1. The molecular weight excluding hydrogens is 246 g/mol. The lowest BCUT2D eigenvalue weighted by Crippen LogP contribution is -2.07. The van der Waals surface area contributed by atoms with Gasteiger partial charge in [-0.2, -0.15) is 4.98 Å². The van der Waals surface area contributed by atoms with Crippen LogP contribution in [0.3, 0.4) is 0 Å². The smallest absolute Gasteiger partial charge is 0.338 e. The molecule has 0 unspecified atom stereocenters. The van der Waals surface area contributed by atoms with E-state index < -0.39 is 0 Å². The fourth-order valence-corrected chi connectivity index (χ4v) is 1.92. The highest BCUT2D eigenvalue weighted by Crippen LogP contribution is 2.22. The monoisotopic (exact) mass is 261 g/mol. The molecular formula is C12H15N5O2. The molecule has 0 aliphatic heterocycles. The molecule has 2 rings (SSSR count). The van der Waals surface area contributed by atoms with Crippen molar-refractivity contribution in [3.8, 4) is 0 Å². The Morgan fingerprint density at radius 3 is 2.47 bits per heavy atom. The number of esters is 1. The minimum Gasteiger partial charge on any atom is -0.465 e. The Morgan fingerprint density at radius 2 is 2.00 bits per heavy atom. The van der Waals surface area contributed by atoms with Crippen LogP contribution in [-0.4, -0.2) is 28.3 Å². The number of nitrogens with zero attached hydrogens (tertiary/aromatic N) is 2. The van der Waals surface area contributed by atoms with E-state index in [0.717, 1.165) is 16.8 Å². The predicted octanol–water partition coefficient (Wildman–Crippen LogP) is 1.53. The first-order valence-electron chi connectivity index (χ1n) is 5.65. The van der Waals surface area contributed by atoms with Gasteiger partial charge >= 0.3 is 5.97 Å². The maximum absolute atomic E-state index is 11.6. The third-order valence-electron chi connectivity index (χ3n) is 2.68. The molecule has 0 saturated carbocycles. The number of carbonyl (C=O) groups excluding carboxylic acids is 1. The van der Waals surface area contributed by atoms with Gasteiger partial charge < -0.3 is 15.8 Å². The SMILES string of the molecule is COC(=O)c1c(C)cc(Nc2n[nH]c(N)n2)cc1C. The van der Waals surface area contributed by atoms with Gasteiger partial charge in [0.2, 0.25) is 11.9 Å². The van der Waals surface area contributed by atoms with E-state index in [1.54, 1.807) is 0 Å². The molecule has 0 aliphatic carbocycles. The van der Waals surface area contributed by atoms with Crippen LogP contribution >= 0.6 is 0 Å². The third-order valence-corrected chi connectivity index (χ3v) is 2.68. The van der Waals surface area contributed by atoms with E-state index in [-0.39, 0.29) is 11.9 Å². The number of rotatable bonds is 3. The zero-order valence-corrected chi connectivity index (χ0v) is 10.9. The minimum absolute atomic E-state index is 0.238. The number of methoxy groups -OCH3 is 1. The zero-order chi connectivity index (χ0) is 14.0. The fraction of sp³-hybridized carbons (Fsp3) is 0.250. The van der Waals surface area contributed by atoms with Crippen LogP contribution in [0.25, 0.3) is 0 Å². The van der Waals surface area contributed by atoms with Crippen molar-refractivity contribution in [2.75, 3.05) is 18.2 Å². The number of ether oxygens (including phenoxy) is 1. The molecule has 2 aromatic rings. The van der Waals surface area contributed by atoms with E-state index in [2.05, 4.69) is 20.5 Å². The summed E-state index contributed by atoms with van der Waals surface area (Å²) in [6, 6.07) is 3.65. The second-order valence-corrected chi connectivity index (χ2v) is 4.15. The molecule has 0 aliphatic rings. The Labute approximate surface area is 110 Å². The van der Waals surface area contributed by atoms with Crippen molar-refractivity contribution < 1.29 is 9.53 Å². The molecule has 0 radical (unpaired) electrons. The van der Waals surface area contributed by atoms with Gasteiger partial charge in [-0.1, -0.05) is 0 Å². The number of carbonyl (C=O) groups is 1. The lowest BCUT2D eigenvalue weighted by Gasteiger charge is -2.10. The highest BCUT2D eigenvalue weighted by Gasteiger charge is 2.14. The van der Waals surface area contributed by atoms with E-state index in [4.69, 9.17) is 10.5 Å². The van der Waals surface area contributed by atoms with Gasteiger partial charge in [-0.15, -0.1) is 5.10 Å². The molecule has 0 saturated heterocycles. The molecule has 1 aromatic heterocycles. The van der Waals surface area contributed by atoms with Gasteiger partial charge in [-0.25, -0.2) is 9.89 Å². The summed E-state index contributed by atoms with van der Waals surface area (Å²) in [4.78, 5) is 15.6. The van der Waals surface area contributed by atoms with Crippen molar-refractivity contribution in [3.05, 3.63) is 28.8 Å². The summed E-state index contributed by atoms with van der Waals surface area (Å²) >= 11 is 0. The van der Waals surface area contributed by atoms with E-state index >= 15 is 0 Å². The van der Waals surface area contributed by atoms with Crippen LogP contribution in [0.15, 0.2) is 12.1 Å². The number of nitrogens with one attached hydrogen (secondary N) is 2. The molecule has 0 amide bonds. The normalized spacial score (nSPS) is 10.3. The molecule has 0 atom stereocenters. The summed E-state index contributed by atoms with van der Waals surface area (Å²) in [5, 5.41) is 9.42. The summed E-state index contributed by atoms with van der Waals surface area (Å²) in [5.74, 6) is 0.271. The Bertz CT molecular complexity index is 597. The standard InChI is InChI=1S/C12H15N5O2/c1-6-4-8(14-12-15-11(13)16-17-12)5-7(2)9(6)10(18)19-3/h4-5H,1-3H3,(H4,13,14,15,16,17).